The molecule has 2 nitrogen and oxygen atoms in total. The lowest BCUT2D eigenvalue weighted by Crippen LogP contribution is -1.89. The zero-order chi connectivity index (χ0) is 8.10. The Bertz CT molecular complexity index is 248. The first kappa shape index (κ1) is 7.79. The highest BCUT2D eigenvalue weighted by Crippen LogP contribution is 1.88. The van der Waals surface area contributed by atoms with Gasteiger partial charge in [0.1, 0.15) is 0 Å². The lowest BCUT2D eigenvalue weighted by Gasteiger charge is -1.95. The van der Waals surface area contributed by atoms with E-state index in [0.717, 1.165) is 0 Å². The van der Waals surface area contributed by atoms with Crippen LogP contribution in [-0.4, -0.2) is 9.55 Å². The predicted octanol–water partition coefficient (Wildman–Crippen LogP) is 1.85. The third-order valence-electron chi connectivity index (χ3n) is 1.55. The van der Waals surface area contributed by atoms with Gasteiger partial charge in [0.25, 0.3) is 0 Å². The van der Waals surface area contributed by atoms with E-state index in [1.807, 2.05) is 42.9 Å². The smallest absolute Gasteiger partial charge is 0.0285 e. The van der Waals surface area contributed by atoms with Gasteiger partial charge in [-0.2, -0.15) is 0 Å². The number of aromatic nitrogens is 2. The maximum absolute atomic E-state index is 4.02. The van der Waals surface area contributed by atoms with Crippen LogP contribution in [0, 0.1) is 6.92 Å². The molecule has 0 unspecified atom stereocenters. The van der Waals surface area contributed by atoms with Crippen LogP contribution in [0.15, 0.2) is 36.8 Å². The second-order valence-electron chi connectivity index (χ2n) is 2.40. The molecule has 0 aliphatic rings. The zero-order valence-electron chi connectivity index (χ0n) is 6.86. The van der Waals surface area contributed by atoms with Crippen molar-refractivity contribution in [1.29, 1.82) is 0 Å². The Morgan fingerprint density at radius 1 is 1.27 bits per heavy atom. The van der Waals surface area contributed by atoms with E-state index in [4.69, 9.17) is 0 Å². The molecule has 0 saturated heterocycles. The van der Waals surface area contributed by atoms with E-state index in [2.05, 4.69) is 4.98 Å². The molecule has 0 bridgehead atoms. The van der Waals surface area contributed by atoms with Gasteiger partial charge in [0.05, 0.1) is 0 Å². The summed E-state index contributed by atoms with van der Waals surface area (Å²) in [5.74, 6) is 0. The number of hydrogen-bond donors (Lipinski definition) is 0. The summed E-state index contributed by atoms with van der Waals surface area (Å²) in [6.45, 7) is 2.04. The predicted molar refractivity (Wildman–Crippen MR) is 45.6 cm³/mol. The van der Waals surface area contributed by atoms with Gasteiger partial charge in [-0.1, -0.05) is 0 Å². The highest BCUT2D eigenvalue weighted by Gasteiger charge is 1.78. The van der Waals surface area contributed by atoms with Crippen molar-refractivity contribution in [3.05, 3.63) is 42.5 Å². The van der Waals surface area contributed by atoms with Gasteiger partial charge >= 0.3 is 0 Å². The zero-order valence-corrected chi connectivity index (χ0v) is 6.86. The molecule has 0 aromatic carbocycles. The van der Waals surface area contributed by atoms with Crippen molar-refractivity contribution in [2.45, 2.75) is 6.92 Å². The van der Waals surface area contributed by atoms with Crippen LogP contribution in [0.1, 0.15) is 5.69 Å². The minimum absolute atomic E-state index is 1.17. The van der Waals surface area contributed by atoms with Crippen LogP contribution in [0.2, 0.25) is 0 Å². The largest absolute Gasteiger partial charge is 0.355 e. The molecule has 0 N–H and O–H groups in total. The fourth-order valence-corrected chi connectivity index (χ4v) is 0.714. The molecule has 1 heterocycles. The number of rotatable bonds is 0. The van der Waals surface area contributed by atoms with Crippen molar-refractivity contribution in [1.82, 2.24) is 9.55 Å². The molecule has 0 aliphatic heterocycles. The maximum Gasteiger partial charge on any atom is 0.0285 e. The summed E-state index contributed by atoms with van der Waals surface area (Å²) in [5.41, 5.74) is 1.17. The van der Waals surface area contributed by atoms with E-state index in [9.17, 15) is 0 Å². The van der Waals surface area contributed by atoms with Gasteiger partial charge in [0.2, 0.25) is 0 Å². The van der Waals surface area contributed by atoms with E-state index in [0.29, 0.717) is 0 Å². The van der Waals surface area contributed by atoms with E-state index >= 15 is 0 Å². The summed E-state index contributed by atoms with van der Waals surface area (Å²) >= 11 is 0. The van der Waals surface area contributed by atoms with Gasteiger partial charge in [-0.15, -0.1) is 0 Å². The molecule has 58 valence electrons. The quantitative estimate of drug-likeness (QED) is 0.549. The second-order valence-corrected chi connectivity index (χ2v) is 2.40. The van der Waals surface area contributed by atoms with Crippen molar-refractivity contribution in [3.63, 3.8) is 0 Å². The monoisotopic (exact) mass is 148 g/mol. The highest BCUT2D eigenvalue weighted by atomic mass is 14.9. The van der Waals surface area contributed by atoms with Crippen molar-refractivity contribution in [3.8, 4) is 0 Å². The van der Waals surface area contributed by atoms with Gasteiger partial charge in [-0.25, -0.2) is 0 Å². The van der Waals surface area contributed by atoms with Crippen LogP contribution in [0.5, 0.6) is 0 Å². The number of aryl methyl sites for hydroxylation is 2. The molecular formula is C9H12N2. The molecule has 0 aliphatic carbocycles. The van der Waals surface area contributed by atoms with E-state index in [1.54, 1.807) is 12.4 Å². The van der Waals surface area contributed by atoms with Crippen LogP contribution < -0.4 is 0 Å². The van der Waals surface area contributed by atoms with Gasteiger partial charge in [-0.3, -0.25) is 4.98 Å². The summed E-state index contributed by atoms with van der Waals surface area (Å²) in [5, 5.41) is 0. The summed E-state index contributed by atoms with van der Waals surface area (Å²) in [7, 11) is 2.01. The Labute approximate surface area is 66.8 Å². The molecule has 0 amide bonds. The fraction of sp³-hybridized carbons (Fsp3) is 0.222. The van der Waals surface area contributed by atoms with E-state index in [1.165, 1.54) is 5.69 Å². The third-order valence-corrected chi connectivity index (χ3v) is 1.55. The average Bonchev–Trinajstić information content (AvgIpc) is 2.07. The minimum Gasteiger partial charge on any atom is -0.355 e. The summed E-state index contributed by atoms with van der Waals surface area (Å²) < 4.78 is 2.04. The average molecular weight is 148 g/mol. The molecule has 1 rings (SSSR count). The summed E-state index contributed by atoms with van der Waals surface area (Å²) in [6, 6.07) is 5.83. The van der Waals surface area contributed by atoms with Gasteiger partial charge in [0.15, 0.2) is 0 Å². The maximum atomic E-state index is 4.02. The first-order valence-electron chi connectivity index (χ1n) is 3.57. The number of hydrogen-bond acceptors (Lipinski definition) is 1. The molecule has 11 heavy (non-hydrogen) atoms. The Kier molecular flexibility index (Phi) is 2.66. The van der Waals surface area contributed by atoms with E-state index in [-0.39, 0.29) is 0 Å². The van der Waals surface area contributed by atoms with Gasteiger partial charge in [0, 0.05) is 31.3 Å². The van der Waals surface area contributed by atoms with Gasteiger partial charge < -0.3 is 4.57 Å². The van der Waals surface area contributed by atoms with Crippen molar-refractivity contribution >= 4 is 0 Å². The Morgan fingerprint density at radius 2 is 2.09 bits per heavy atom. The van der Waals surface area contributed by atoms with Crippen molar-refractivity contribution < 1.29 is 0 Å². The molecule has 0 fully saturated rings. The lowest BCUT2D eigenvalue weighted by molar-refractivity contribution is 0.863. The molecular weight excluding hydrogens is 136 g/mol. The normalized spacial score (nSPS) is 8.91. The third kappa shape index (κ3) is 2.42. The second kappa shape index (κ2) is 3.76. The molecule has 0 atom stereocenters. The first-order valence-corrected chi connectivity index (χ1v) is 3.57. The molecule has 0 saturated carbocycles. The Morgan fingerprint density at radius 3 is 2.91 bits per heavy atom. The van der Waals surface area contributed by atoms with E-state index < -0.39 is 0 Å². The number of nitrogens with zero attached hydrogens (tertiary/aromatic N) is 2. The van der Waals surface area contributed by atoms with Crippen LogP contribution in [0.25, 0.3) is 0 Å². The van der Waals surface area contributed by atoms with Crippen molar-refractivity contribution in [2.24, 2.45) is 7.05 Å². The Hall–Kier alpha value is -1.31. The lowest BCUT2D eigenvalue weighted by atomic mass is 10.5. The highest BCUT2D eigenvalue weighted by molar-refractivity contribution is 4.96. The molecule has 2 heteroatoms. The first-order chi connectivity index (χ1) is 5.30. The summed E-state index contributed by atoms with van der Waals surface area (Å²) in [4.78, 5) is 4.02. The minimum atomic E-state index is 1.17. The van der Waals surface area contributed by atoms with Crippen LogP contribution in [0.3, 0.4) is 0 Å². The molecule has 1 aromatic heterocycles. The van der Waals surface area contributed by atoms with Crippen LogP contribution in [0.4, 0.5) is 0 Å². The van der Waals surface area contributed by atoms with Crippen molar-refractivity contribution in [2.75, 3.05) is 0 Å². The molecule has 0 radical (unpaired) electrons. The SMILES string of the molecule is Cc1ccnccccn1C. The standard InChI is InChI=1S/C9H12N2/c1-9-5-7-10-6-3-4-8-11(9)2/h3-8H,1-2H3. The topological polar surface area (TPSA) is 17.8 Å². The summed E-state index contributed by atoms with van der Waals surface area (Å²) in [6.07, 6.45) is 5.55. The Balaban J connectivity index is 3.28. The van der Waals surface area contributed by atoms with Gasteiger partial charge in [-0.05, 0) is 25.1 Å². The molecule has 1 aromatic rings. The molecule has 0 spiro atoms. The van der Waals surface area contributed by atoms with Crippen LogP contribution in [-0.2, 0) is 7.05 Å². The van der Waals surface area contributed by atoms with Crippen LogP contribution >= 0.6 is 0 Å². The fourth-order valence-electron chi connectivity index (χ4n) is 0.714.